The Labute approximate surface area is 97.9 Å². The minimum absolute atomic E-state index is 0.00542. The molecule has 2 N–H and O–H groups in total. The van der Waals surface area contributed by atoms with E-state index in [1.54, 1.807) is 5.06 Å². The summed E-state index contributed by atoms with van der Waals surface area (Å²) in [5.41, 5.74) is 0. The molecule has 0 aromatic carbocycles. The van der Waals surface area contributed by atoms with Crippen molar-refractivity contribution in [3.05, 3.63) is 0 Å². The minimum atomic E-state index is 0.00542. The molecule has 0 bridgehead atoms. The molecule has 0 aromatic heterocycles. The summed E-state index contributed by atoms with van der Waals surface area (Å²) in [5, 5.41) is 18.9. The Morgan fingerprint density at radius 1 is 1.00 bits per heavy atom. The number of nitrogens with zero attached hydrogens (tertiary/aromatic N) is 1. The van der Waals surface area contributed by atoms with Crippen molar-refractivity contribution in [3.63, 3.8) is 0 Å². The van der Waals surface area contributed by atoms with Crippen LogP contribution < -0.4 is 0 Å². The van der Waals surface area contributed by atoms with E-state index in [1.807, 2.05) is 0 Å². The monoisotopic (exact) mass is 235 g/mol. The van der Waals surface area contributed by atoms with Gasteiger partial charge >= 0.3 is 0 Å². The lowest BCUT2D eigenvalue weighted by Gasteiger charge is -2.20. The molecule has 0 aromatic rings. The zero-order valence-corrected chi connectivity index (χ0v) is 10.2. The fourth-order valence-electron chi connectivity index (χ4n) is 1.28. The third-order valence-electron chi connectivity index (χ3n) is 2.10. The molecular weight excluding hydrogens is 210 g/mol. The number of hydrogen-bond donors (Lipinski definition) is 2. The average molecular weight is 235 g/mol. The molecule has 0 heterocycles. The minimum Gasteiger partial charge on any atom is -0.394 e. The van der Waals surface area contributed by atoms with Crippen molar-refractivity contribution in [2.45, 2.75) is 32.6 Å². The summed E-state index contributed by atoms with van der Waals surface area (Å²) in [5.74, 6) is 0. The van der Waals surface area contributed by atoms with Crippen molar-refractivity contribution in [1.29, 1.82) is 0 Å². The van der Waals surface area contributed by atoms with E-state index in [4.69, 9.17) is 19.8 Å². The predicted octanol–water partition coefficient (Wildman–Crippen LogP) is 0.759. The summed E-state index contributed by atoms with van der Waals surface area (Å²) in [6.45, 7) is 3.93. The van der Waals surface area contributed by atoms with Gasteiger partial charge < -0.3 is 14.9 Å². The van der Waals surface area contributed by atoms with Crippen LogP contribution in [-0.4, -0.2) is 55.0 Å². The number of hydroxylamine groups is 2. The fourth-order valence-corrected chi connectivity index (χ4v) is 1.28. The molecule has 98 valence electrons. The molecular formula is C11H25NO4. The van der Waals surface area contributed by atoms with Gasteiger partial charge in [0.25, 0.3) is 0 Å². The topological polar surface area (TPSA) is 62.2 Å². The van der Waals surface area contributed by atoms with Gasteiger partial charge in [-0.1, -0.05) is 26.2 Å². The van der Waals surface area contributed by atoms with E-state index in [9.17, 15) is 0 Å². The van der Waals surface area contributed by atoms with Crippen LogP contribution in [0, 0.1) is 0 Å². The standard InChI is InChI=1S/C11H25NO4/c1-2-3-4-5-6-12(16-10-8-14)11-15-9-7-13/h13-14H,2-11H2,1H3. The highest BCUT2D eigenvalue weighted by molar-refractivity contribution is 4.45. The van der Waals surface area contributed by atoms with Crippen LogP contribution in [0.25, 0.3) is 0 Å². The average Bonchev–Trinajstić information content (AvgIpc) is 2.31. The third kappa shape index (κ3) is 10.3. The van der Waals surface area contributed by atoms with Crippen molar-refractivity contribution in [2.75, 3.05) is 39.7 Å². The summed E-state index contributed by atoms with van der Waals surface area (Å²) >= 11 is 0. The fraction of sp³-hybridized carbons (Fsp3) is 1.00. The summed E-state index contributed by atoms with van der Waals surface area (Å²) in [4.78, 5) is 5.29. The first-order valence-electron chi connectivity index (χ1n) is 6.02. The number of hydrogen-bond acceptors (Lipinski definition) is 5. The number of ether oxygens (including phenoxy) is 1. The second kappa shape index (κ2) is 12.9. The maximum absolute atomic E-state index is 8.66. The van der Waals surface area contributed by atoms with Crippen molar-refractivity contribution < 1.29 is 19.8 Å². The number of aliphatic hydroxyl groups excluding tert-OH is 2. The van der Waals surface area contributed by atoms with E-state index in [0.29, 0.717) is 13.3 Å². The largest absolute Gasteiger partial charge is 0.394 e. The molecule has 0 saturated carbocycles. The zero-order chi connectivity index (χ0) is 12.1. The predicted molar refractivity (Wildman–Crippen MR) is 61.8 cm³/mol. The summed E-state index contributed by atoms with van der Waals surface area (Å²) in [6.07, 6.45) is 4.67. The number of rotatable bonds is 12. The second-order valence-corrected chi connectivity index (χ2v) is 3.58. The molecule has 0 aliphatic carbocycles. The normalized spacial score (nSPS) is 11.2. The van der Waals surface area contributed by atoms with Crippen LogP contribution >= 0.6 is 0 Å². The van der Waals surface area contributed by atoms with Gasteiger partial charge in [0.1, 0.15) is 6.73 Å². The summed E-state index contributed by atoms with van der Waals surface area (Å²) in [7, 11) is 0. The lowest BCUT2D eigenvalue weighted by molar-refractivity contribution is -0.214. The SMILES string of the molecule is CCCCCCN(COCCO)OCCO. The summed E-state index contributed by atoms with van der Waals surface area (Å²) in [6, 6.07) is 0. The highest BCUT2D eigenvalue weighted by Crippen LogP contribution is 2.02. The van der Waals surface area contributed by atoms with Crippen molar-refractivity contribution >= 4 is 0 Å². The first-order valence-corrected chi connectivity index (χ1v) is 6.02. The molecule has 5 heteroatoms. The molecule has 0 saturated heterocycles. The van der Waals surface area contributed by atoms with Crippen LogP contribution in [0.5, 0.6) is 0 Å². The van der Waals surface area contributed by atoms with Gasteiger partial charge in [0.2, 0.25) is 0 Å². The lowest BCUT2D eigenvalue weighted by Crippen LogP contribution is -2.29. The smallest absolute Gasteiger partial charge is 0.122 e. The molecule has 0 radical (unpaired) electrons. The van der Waals surface area contributed by atoms with Crippen LogP contribution in [0.1, 0.15) is 32.6 Å². The van der Waals surface area contributed by atoms with E-state index in [2.05, 4.69) is 6.92 Å². The first-order chi connectivity index (χ1) is 7.85. The molecule has 5 nitrogen and oxygen atoms in total. The first kappa shape index (κ1) is 15.8. The number of aliphatic hydroxyl groups is 2. The van der Waals surface area contributed by atoms with Crippen molar-refractivity contribution in [3.8, 4) is 0 Å². The van der Waals surface area contributed by atoms with Crippen LogP contribution in [0.15, 0.2) is 0 Å². The Balaban J connectivity index is 3.54. The van der Waals surface area contributed by atoms with E-state index in [1.165, 1.54) is 19.3 Å². The van der Waals surface area contributed by atoms with Gasteiger partial charge in [-0.3, -0.25) is 4.84 Å². The summed E-state index contributed by atoms with van der Waals surface area (Å²) < 4.78 is 5.17. The molecule has 0 atom stereocenters. The zero-order valence-electron chi connectivity index (χ0n) is 10.2. The quantitative estimate of drug-likeness (QED) is 0.297. The molecule has 0 rings (SSSR count). The second-order valence-electron chi connectivity index (χ2n) is 3.58. The van der Waals surface area contributed by atoms with Gasteiger partial charge in [0.05, 0.1) is 26.4 Å². The van der Waals surface area contributed by atoms with Gasteiger partial charge in [-0.2, -0.15) is 5.06 Å². The maximum Gasteiger partial charge on any atom is 0.122 e. The van der Waals surface area contributed by atoms with Gasteiger partial charge in [0, 0.05) is 6.54 Å². The molecule has 0 aliphatic heterocycles. The van der Waals surface area contributed by atoms with E-state index < -0.39 is 0 Å². The Morgan fingerprint density at radius 3 is 2.38 bits per heavy atom. The highest BCUT2D eigenvalue weighted by atomic mass is 16.7. The van der Waals surface area contributed by atoms with E-state index in [-0.39, 0.29) is 19.8 Å². The molecule has 0 aliphatic rings. The Morgan fingerprint density at radius 2 is 1.75 bits per heavy atom. The Kier molecular flexibility index (Phi) is 12.7. The Hall–Kier alpha value is -0.200. The van der Waals surface area contributed by atoms with Gasteiger partial charge in [-0.05, 0) is 6.42 Å². The van der Waals surface area contributed by atoms with E-state index in [0.717, 1.165) is 13.0 Å². The van der Waals surface area contributed by atoms with Gasteiger partial charge in [0.15, 0.2) is 0 Å². The molecule has 0 fully saturated rings. The molecule has 0 amide bonds. The van der Waals surface area contributed by atoms with Crippen LogP contribution in [0.4, 0.5) is 0 Å². The third-order valence-corrected chi connectivity index (χ3v) is 2.10. The molecule has 0 unspecified atom stereocenters. The van der Waals surface area contributed by atoms with E-state index >= 15 is 0 Å². The van der Waals surface area contributed by atoms with Gasteiger partial charge in [-0.25, -0.2) is 0 Å². The van der Waals surface area contributed by atoms with Crippen LogP contribution in [-0.2, 0) is 9.57 Å². The molecule has 16 heavy (non-hydrogen) atoms. The lowest BCUT2D eigenvalue weighted by atomic mass is 10.2. The van der Waals surface area contributed by atoms with Gasteiger partial charge in [-0.15, -0.1) is 0 Å². The van der Waals surface area contributed by atoms with Crippen molar-refractivity contribution in [2.24, 2.45) is 0 Å². The molecule has 0 spiro atoms. The Bertz CT molecular complexity index is 135. The van der Waals surface area contributed by atoms with Crippen LogP contribution in [0.2, 0.25) is 0 Å². The highest BCUT2D eigenvalue weighted by Gasteiger charge is 2.04. The number of unbranched alkanes of at least 4 members (excludes halogenated alkanes) is 3. The van der Waals surface area contributed by atoms with Crippen LogP contribution in [0.3, 0.4) is 0 Å². The van der Waals surface area contributed by atoms with Crippen molar-refractivity contribution in [1.82, 2.24) is 5.06 Å². The maximum atomic E-state index is 8.66.